The van der Waals surface area contributed by atoms with Gasteiger partial charge in [0.15, 0.2) is 0 Å². The van der Waals surface area contributed by atoms with Crippen molar-refractivity contribution in [1.82, 2.24) is 4.31 Å². The number of anilines is 1. The Morgan fingerprint density at radius 1 is 1.16 bits per heavy atom. The molecule has 1 aliphatic heterocycles. The molecule has 0 saturated heterocycles. The number of carbonyl (C=O) groups excluding carboxylic acids is 2. The summed E-state index contributed by atoms with van der Waals surface area (Å²) in [5.41, 5.74) is 0.585. The number of fused-ring (bicyclic) bond motifs is 1. The highest BCUT2D eigenvalue weighted by molar-refractivity contribution is 7.90. The number of rotatable bonds is 8. The van der Waals surface area contributed by atoms with Crippen molar-refractivity contribution in [3.05, 3.63) is 47.5 Å². The second kappa shape index (κ2) is 8.97. The first kappa shape index (κ1) is 22.6. The molecular formula is C22H26N2O6S. The van der Waals surface area contributed by atoms with E-state index < -0.39 is 27.9 Å². The maximum absolute atomic E-state index is 12.9. The lowest BCUT2D eigenvalue weighted by Crippen LogP contribution is -2.36. The number of nitrogens with zero attached hydrogens (tertiary/aromatic N) is 1. The highest BCUT2D eigenvalue weighted by Gasteiger charge is 2.42. The van der Waals surface area contributed by atoms with Crippen LogP contribution < -0.4 is 14.8 Å². The third-order valence-electron chi connectivity index (χ3n) is 4.87. The molecule has 2 amide bonds. The van der Waals surface area contributed by atoms with Crippen molar-refractivity contribution in [2.45, 2.75) is 44.6 Å². The first-order valence-electron chi connectivity index (χ1n) is 10.1. The summed E-state index contributed by atoms with van der Waals surface area (Å²) in [6, 6.07) is 8.58. The molecule has 2 aromatic rings. The Morgan fingerprint density at radius 3 is 2.55 bits per heavy atom. The highest BCUT2D eigenvalue weighted by atomic mass is 32.2. The van der Waals surface area contributed by atoms with Gasteiger partial charge in [0, 0.05) is 17.7 Å². The molecule has 8 nitrogen and oxygen atoms in total. The van der Waals surface area contributed by atoms with Gasteiger partial charge in [-0.2, -0.15) is 0 Å². The van der Waals surface area contributed by atoms with Crippen LogP contribution in [0.2, 0.25) is 0 Å². The van der Waals surface area contributed by atoms with Gasteiger partial charge in [0.05, 0.1) is 25.0 Å². The summed E-state index contributed by atoms with van der Waals surface area (Å²) in [4.78, 5) is 25.2. The van der Waals surface area contributed by atoms with Crippen LogP contribution in [-0.4, -0.2) is 44.3 Å². The van der Waals surface area contributed by atoms with Crippen molar-refractivity contribution in [3.63, 3.8) is 0 Å². The Kier molecular flexibility index (Phi) is 6.54. The zero-order valence-electron chi connectivity index (χ0n) is 18.0. The largest absolute Gasteiger partial charge is 0.497 e. The standard InChI is InChI=1S/C22H26N2O6S/c1-5-6-11-30-19-10-8-16(29-4)13-18(19)23-21(25)15-7-9-17-20(12-15)31(27,28)24(14(2)3)22(17)26/h7-10,12-14H,5-6,11H2,1-4H3,(H,23,25). The SMILES string of the molecule is CCCCOc1ccc(OC)cc1NC(=O)c1ccc2c(c1)S(=O)(=O)N(C(C)C)C2=O. The van der Waals surface area contributed by atoms with E-state index in [1.807, 2.05) is 6.92 Å². The molecule has 0 radical (unpaired) electrons. The fraction of sp³-hybridized carbons (Fsp3) is 0.364. The van der Waals surface area contributed by atoms with Crippen LogP contribution in [0.15, 0.2) is 41.3 Å². The molecule has 0 spiro atoms. The minimum absolute atomic E-state index is 0.0650. The summed E-state index contributed by atoms with van der Waals surface area (Å²) in [7, 11) is -2.48. The van der Waals surface area contributed by atoms with E-state index in [1.165, 1.54) is 25.3 Å². The number of hydrogen-bond acceptors (Lipinski definition) is 6. The molecule has 9 heteroatoms. The van der Waals surface area contributed by atoms with Gasteiger partial charge < -0.3 is 14.8 Å². The van der Waals surface area contributed by atoms with Crippen molar-refractivity contribution in [2.24, 2.45) is 0 Å². The van der Waals surface area contributed by atoms with Crippen molar-refractivity contribution in [3.8, 4) is 11.5 Å². The number of methoxy groups -OCH3 is 1. The minimum atomic E-state index is -4.00. The van der Waals surface area contributed by atoms with Gasteiger partial charge in [-0.3, -0.25) is 9.59 Å². The summed E-state index contributed by atoms with van der Waals surface area (Å²) in [6.45, 7) is 5.79. The second-order valence-electron chi connectivity index (χ2n) is 7.43. The van der Waals surface area contributed by atoms with Gasteiger partial charge in [-0.15, -0.1) is 0 Å². The Bertz CT molecular complexity index is 1110. The fourth-order valence-electron chi connectivity index (χ4n) is 3.28. The molecule has 1 N–H and O–H groups in total. The molecule has 1 heterocycles. The molecule has 2 aromatic carbocycles. The van der Waals surface area contributed by atoms with Crippen molar-refractivity contribution in [1.29, 1.82) is 0 Å². The fourth-order valence-corrected chi connectivity index (χ4v) is 5.07. The van der Waals surface area contributed by atoms with Crippen LogP contribution in [0.3, 0.4) is 0 Å². The lowest BCUT2D eigenvalue weighted by Gasteiger charge is -2.18. The number of amides is 2. The van der Waals surface area contributed by atoms with Crippen LogP contribution in [-0.2, 0) is 10.0 Å². The normalized spacial score (nSPS) is 14.5. The number of ether oxygens (including phenoxy) is 2. The van der Waals surface area contributed by atoms with E-state index in [1.54, 1.807) is 32.0 Å². The Morgan fingerprint density at radius 2 is 1.90 bits per heavy atom. The highest BCUT2D eigenvalue weighted by Crippen LogP contribution is 2.34. The minimum Gasteiger partial charge on any atom is -0.497 e. The molecule has 0 aromatic heterocycles. The lowest BCUT2D eigenvalue weighted by molar-refractivity contribution is 0.0846. The maximum atomic E-state index is 12.9. The maximum Gasteiger partial charge on any atom is 0.269 e. The summed E-state index contributed by atoms with van der Waals surface area (Å²) >= 11 is 0. The molecule has 0 aliphatic carbocycles. The average Bonchev–Trinajstić information content (AvgIpc) is 2.94. The molecule has 0 atom stereocenters. The van der Waals surface area contributed by atoms with Crippen molar-refractivity contribution < 1.29 is 27.5 Å². The van der Waals surface area contributed by atoms with E-state index in [4.69, 9.17) is 9.47 Å². The number of benzene rings is 2. The topological polar surface area (TPSA) is 102 Å². The zero-order chi connectivity index (χ0) is 22.8. The Labute approximate surface area is 182 Å². The molecular weight excluding hydrogens is 420 g/mol. The molecule has 0 unspecified atom stereocenters. The Hall–Kier alpha value is -3.07. The monoisotopic (exact) mass is 446 g/mol. The summed E-state index contributed by atoms with van der Waals surface area (Å²) in [5.74, 6) is -0.0937. The van der Waals surface area contributed by atoms with Gasteiger partial charge >= 0.3 is 0 Å². The molecule has 0 fully saturated rings. The van der Waals surface area contributed by atoms with E-state index in [2.05, 4.69) is 5.32 Å². The van der Waals surface area contributed by atoms with Crippen LogP contribution in [0.5, 0.6) is 11.5 Å². The van der Waals surface area contributed by atoms with Gasteiger partial charge in [-0.25, -0.2) is 12.7 Å². The van der Waals surface area contributed by atoms with Gasteiger partial charge in [0.1, 0.15) is 16.4 Å². The van der Waals surface area contributed by atoms with Crippen LogP contribution in [0.1, 0.15) is 54.3 Å². The summed E-state index contributed by atoms with van der Waals surface area (Å²) in [6.07, 6.45) is 1.83. The number of sulfonamides is 1. The van der Waals surface area contributed by atoms with Crippen molar-refractivity contribution in [2.75, 3.05) is 19.0 Å². The second-order valence-corrected chi connectivity index (χ2v) is 9.21. The third kappa shape index (κ3) is 4.36. The van der Waals surface area contributed by atoms with Gasteiger partial charge in [0.25, 0.3) is 21.8 Å². The molecule has 0 bridgehead atoms. The predicted octanol–water partition coefficient (Wildman–Crippen LogP) is 3.68. The quantitative estimate of drug-likeness (QED) is 0.621. The number of carbonyl (C=O) groups is 2. The average molecular weight is 447 g/mol. The van der Waals surface area contributed by atoms with Crippen molar-refractivity contribution >= 4 is 27.5 Å². The van der Waals surface area contributed by atoms with E-state index in [0.29, 0.717) is 23.8 Å². The molecule has 31 heavy (non-hydrogen) atoms. The van der Waals surface area contributed by atoms with Gasteiger partial charge in [-0.05, 0) is 50.6 Å². The molecule has 166 valence electrons. The van der Waals surface area contributed by atoms with Crippen LogP contribution in [0.25, 0.3) is 0 Å². The van der Waals surface area contributed by atoms with Crippen LogP contribution >= 0.6 is 0 Å². The summed E-state index contributed by atoms with van der Waals surface area (Å²) in [5, 5.41) is 2.75. The summed E-state index contributed by atoms with van der Waals surface area (Å²) < 4.78 is 37.4. The van der Waals surface area contributed by atoms with Gasteiger partial charge in [-0.1, -0.05) is 13.3 Å². The predicted molar refractivity (Wildman–Crippen MR) is 116 cm³/mol. The number of unbranched alkanes of at least 4 members (excludes halogenated alkanes) is 1. The number of nitrogens with one attached hydrogen (secondary N) is 1. The van der Waals surface area contributed by atoms with Gasteiger partial charge in [0.2, 0.25) is 0 Å². The zero-order valence-corrected chi connectivity index (χ0v) is 18.8. The first-order valence-corrected chi connectivity index (χ1v) is 11.5. The smallest absolute Gasteiger partial charge is 0.269 e. The molecule has 1 aliphatic rings. The van der Waals surface area contributed by atoms with E-state index in [-0.39, 0.29) is 16.0 Å². The van der Waals surface area contributed by atoms with Crippen LogP contribution in [0, 0.1) is 0 Å². The molecule has 0 saturated carbocycles. The third-order valence-corrected chi connectivity index (χ3v) is 6.87. The first-order chi connectivity index (χ1) is 14.7. The van der Waals surface area contributed by atoms with Crippen LogP contribution in [0.4, 0.5) is 5.69 Å². The lowest BCUT2D eigenvalue weighted by atomic mass is 10.1. The van der Waals surface area contributed by atoms with E-state index in [0.717, 1.165) is 17.1 Å². The molecule has 3 rings (SSSR count). The number of hydrogen-bond donors (Lipinski definition) is 1. The van der Waals surface area contributed by atoms with E-state index >= 15 is 0 Å². The van der Waals surface area contributed by atoms with E-state index in [9.17, 15) is 18.0 Å². The Balaban J connectivity index is 1.91.